The molecule has 2 aromatic heterocycles. The fourth-order valence-corrected chi connectivity index (χ4v) is 2.25. The maximum atomic E-state index is 12.1. The molecule has 0 aliphatic heterocycles. The number of aromatic nitrogens is 3. The molecular formula is C20H21N3O3. The maximum Gasteiger partial charge on any atom is 0.419 e. The molecule has 0 atom stereocenters. The number of pyridine rings is 1. The van der Waals surface area contributed by atoms with Crippen LogP contribution in [0.4, 0.5) is 4.79 Å². The second-order valence-corrected chi connectivity index (χ2v) is 6.82. The van der Waals surface area contributed by atoms with Gasteiger partial charge in [-0.2, -0.15) is 0 Å². The third-order valence-electron chi connectivity index (χ3n) is 3.49. The van der Waals surface area contributed by atoms with Gasteiger partial charge in [0.1, 0.15) is 24.3 Å². The number of carbonyl (C=O) groups is 1. The monoisotopic (exact) mass is 351 g/mol. The Labute approximate surface area is 152 Å². The third-order valence-corrected chi connectivity index (χ3v) is 3.49. The summed E-state index contributed by atoms with van der Waals surface area (Å²) in [5, 5.41) is 0. The minimum Gasteiger partial charge on any atom is -0.489 e. The zero-order valence-electron chi connectivity index (χ0n) is 15.0. The number of imidazole rings is 1. The SMILES string of the molecule is CC(C)(C)OC(=O)n1cnc(-c2ccc(OCc3ccncc3)cc2)c1. The molecule has 0 spiro atoms. The van der Waals surface area contributed by atoms with Gasteiger partial charge in [-0.15, -0.1) is 0 Å². The summed E-state index contributed by atoms with van der Waals surface area (Å²) in [5.74, 6) is 0.761. The van der Waals surface area contributed by atoms with Crippen molar-refractivity contribution in [1.82, 2.24) is 14.5 Å². The molecule has 0 radical (unpaired) electrons. The molecule has 2 heterocycles. The molecule has 0 N–H and O–H groups in total. The third kappa shape index (κ3) is 4.69. The lowest BCUT2D eigenvalue weighted by atomic mass is 10.1. The molecular weight excluding hydrogens is 330 g/mol. The summed E-state index contributed by atoms with van der Waals surface area (Å²) in [6.07, 6.45) is 6.14. The molecule has 0 amide bonds. The van der Waals surface area contributed by atoms with E-state index < -0.39 is 11.7 Å². The van der Waals surface area contributed by atoms with Gasteiger partial charge in [0.25, 0.3) is 0 Å². The van der Waals surface area contributed by atoms with Crippen LogP contribution in [0.5, 0.6) is 5.75 Å². The van der Waals surface area contributed by atoms with Crippen LogP contribution in [0.15, 0.2) is 61.3 Å². The molecule has 0 saturated carbocycles. The summed E-state index contributed by atoms with van der Waals surface area (Å²) >= 11 is 0. The second-order valence-electron chi connectivity index (χ2n) is 6.82. The Morgan fingerprint density at radius 2 is 1.77 bits per heavy atom. The van der Waals surface area contributed by atoms with Gasteiger partial charge in [-0.3, -0.25) is 4.98 Å². The van der Waals surface area contributed by atoms with Crippen molar-refractivity contribution in [2.24, 2.45) is 0 Å². The Morgan fingerprint density at radius 1 is 1.08 bits per heavy atom. The molecule has 6 heteroatoms. The first-order valence-corrected chi connectivity index (χ1v) is 8.30. The largest absolute Gasteiger partial charge is 0.489 e. The van der Waals surface area contributed by atoms with E-state index in [9.17, 15) is 4.79 Å². The first-order chi connectivity index (χ1) is 12.4. The van der Waals surface area contributed by atoms with E-state index in [2.05, 4.69) is 9.97 Å². The van der Waals surface area contributed by atoms with Gasteiger partial charge in [0.05, 0.1) is 5.69 Å². The topological polar surface area (TPSA) is 66.2 Å². The summed E-state index contributed by atoms with van der Waals surface area (Å²) in [6, 6.07) is 11.4. The lowest BCUT2D eigenvalue weighted by Crippen LogP contribution is -2.26. The van der Waals surface area contributed by atoms with Gasteiger partial charge in [-0.25, -0.2) is 14.3 Å². The fourth-order valence-electron chi connectivity index (χ4n) is 2.25. The molecule has 6 nitrogen and oxygen atoms in total. The van der Waals surface area contributed by atoms with Crippen molar-refractivity contribution >= 4 is 6.09 Å². The van der Waals surface area contributed by atoms with E-state index in [1.54, 1.807) is 18.6 Å². The average molecular weight is 351 g/mol. The van der Waals surface area contributed by atoms with Crippen LogP contribution in [-0.2, 0) is 11.3 Å². The average Bonchev–Trinajstić information content (AvgIpc) is 3.10. The summed E-state index contributed by atoms with van der Waals surface area (Å²) in [7, 11) is 0. The first kappa shape index (κ1) is 17.7. The summed E-state index contributed by atoms with van der Waals surface area (Å²) in [5.41, 5.74) is 2.09. The zero-order chi connectivity index (χ0) is 18.6. The van der Waals surface area contributed by atoms with Crippen LogP contribution >= 0.6 is 0 Å². The van der Waals surface area contributed by atoms with Crippen molar-refractivity contribution in [2.45, 2.75) is 33.0 Å². The highest BCUT2D eigenvalue weighted by atomic mass is 16.6. The minimum absolute atomic E-state index is 0.450. The molecule has 0 aliphatic carbocycles. The normalized spacial score (nSPS) is 11.2. The molecule has 0 unspecified atom stereocenters. The quantitative estimate of drug-likeness (QED) is 0.701. The number of hydrogen-bond acceptors (Lipinski definition) is 5. The van der Waals surface area contributed by atoms with Gasteiger partial charge in [-0.1, -0.05) is 0 Å². The molecule has 134 valence electrons. The maximum absolute atomic E-state index is 12.1. The van der Waals surface area contributed by atoms with E-state index in [4.69, 9.17) is 9.47 Å². The van der Waals surface area contributed by atoms with Crippen molar-refractivity contribution in [2.75, 3.05) is 0 Å². The van der Waals surface area contributed by atoms with Crippen LogP contribution in [0, 0.1) is 0 Å². The van der Waals surface area contributed by atoms with Crippen LogP contribution < -0.4 is 4.74 Å². The van der Waals surface area contributed by atoms with E-state index in [1.165, 1.54) is 10.9 Å². The van der Waals surface area contributed by atoms with E-state index in [0.29, 0.717) is 12.3 Å². The van der Waals surface area contributed by atoms with Gasteiger partial charge in [0.2, 0.25) is 0 Å². The minimum atomic E-state index is -0.546. The molecule has 0 bridgehead atoms. The van der Waals surface area contributed by atoms with Crippen LogP contribution in [-0.4, -0.2) is 26.2 Å². The lowest BCUT2D eigenvalue weighted by molar-refractivity contribution is 0.0536. The van der Waals surface area contributed by atoms with E-state index >= 15 is 0 Å². The van der Waals surface area contributed by atoms with E-state index in [1.807, 2.05) is 57.2 Å². The molecule has 0 fully saturated rings. The van der Waals surface area contributed by atoms with Crippen LogP contribution in [0.25, 0.3) is 11.3 Å². The number of nitrogens with zero attached hydrogens (tertiary/aromatic N) is 3. The van der Waals surface area contributed by atoms with Crippen molar-refractivity contribution < 1.29 is 14.3 Å². The van der Waals surface area contributed by atoms with Gasteiger partial charge >= 0.3 is 6.09 Å². The Bertz CT molecular complexity index is 865. The highest BCUT2D eigenvalue weighted by Crippen LogP contribution is 2.22. The van der Waals surface area contributed by atoms with Gasteiger partial charge < -0.3 is 9.47 Å². The predicted molar refractivity (Wildman–Crippen MR) is 97.9 cm³/mol. The van der Waals surface area contributed by atoms with Gasteiger partial charge in [0.15, 0.2) is 0 Å². The lowest BCUT2D eigenvalue weighted by Gasteiger charge is -2.19. The van der Waals surface area contributed by atoms with Crippen LogP contribution in [0.2, 0.25) is 0 Å². The molecule has 26 heavy (non-hydrogen) atoms. The highest BCUT2D eigenvalue weighted by Gasteiger charge is 2.18. The Hall–Kier alpha value is -3.15. The van der Waals surface area contributed by atoms with E-state index in [-0.39, 0.29) is 0 Å². The van der Waals surface area contributed by atoms with Crippen LogP contribution in [0.1, 0.15) is 26.3 Å². The fraction of sp³-hybridized carbons (Fsp3) is 0.250. The van der Waals surface area contributed by atoms with Crippen molar-refractivity contribution in [3.63, 3.8) is 0 Å². The summed E-state index contributed by atoms with van der Waals surface area (Å²) < 4.78 is 12.4. The standard InChI is InChI=1S/C20H21N3O3/c1-20(2,3)26-19(24)23-12-18(22-14-23)16-4-6-17(7-5-16)25-13-15-8-10-21-11-9-15/h4-12,14H,13H2,1-3H3. The first-order valence-electron chi connectivity index (χ1n) is 8.30. The number of ether oxygens (including phenoxy) is 2. The number of rotatable bonds is 4. The number of hydrogen-bond donors (Lipinski definition) is 0. The summed E-state index contributed by atoms with van der Waals surface area (Å²) in [6.45, 7) is 5.96. The molecule has 0 aliphatic rings. The zero-order valence-corrected chi connectivity index (χ0v) is 15.0. The molecule has 0 saturated heterocycles. The second kappa shape index (κ2) is 7.39. The van der Waals surface area contributed by atoms with Gasteiger partial charge in [0, 0.05) is 24.2 Å². The Kier molecular flexibility index (Phi) is 5.02. The Morgan fingerprint density at radius 3 is 2.42 bits per heavy atom. The predicted octanol–water partition coefficient (Wildman–Crippen LogP) is 4.31. The van der Waals surface area contributed by atoms with Crippen molar-refractivity contribution in [1.29, 1.82) is 0 Å². The number of benzene rings is 1. The Balaban J connectivity index is 1.64. The molecule has 3 aromatic rings. The van der Waals surface area contributed by atoms with Crippen molar-refractivity contribution in [3.05, 3.63) is 66.9 Å². The number of carbonyl (C=O) groups excluding carboxylic acids is 1. The van der Waals surface area contributed by atoms with E-state index in [0.717, 1.165) is 16.9 Å². The molecule has 1 aromatic carbocycles. The van der Waals surface area contributed by atoms with Crippen molar-refractivity contribution in [3.8, 4) is 17.0 Å². The summed E-state index contributed by atoms with van der Waals surface area (Å²) in [4.78, 5) is 20.3. The molecule has 3 rings (SSSR count). The highest BCUT2D eigenvalue weighted by molar-refractivity contribution is 5.73. The van der Waals surface area contributed by atoms with Gasteiger partial charge in [-0.05, 0) is 62.7 Å². The smallest absolute Gasteiger partial charge is 0.419 e. The van der Waals surface area contributed by atoms with Crippen LogP contribution in [0.3, 0.4) is 0 Å².